The highest BCUT2D eigenvalue weighted by atomic mass is 16.5. The third kappa shape index (κ3) is 5.34. The van der Waals surface area contributed by atoms with Crippen LogP contribution in [0.25, 0.3) is 11.3 Å². The number of amides is 2. The summed E-state index contributed by atoms with van der Waals surface area (Å²) in [7, 11) is 1.27. The summed E-state index contributed by atoms with van der Waals surface area (Å²) in [5.41, 5.74) is 1.91. The van der Waals surface area contributed by atoms with Crippen molar-refractivity contribution < 1.29 is 14.3 Å². The van der Waals surface area contributed by atoms with E-state index in [4.69, 9.17) is 0 Å². The fourth-order valence-electron chi connectivity index (χ4n) is 2.61. The van der Waals surface area contributed by atoms with E-state index < -0.39 is 12.1 Å². The van der Waals surface area contributed by atoms with E-state index in [1.807, 2.05) is 51.1 Å². The van der Waals surface area contributed by atoms with Crippen LogP contribution in [0.2, 0.25) is 0 Å². The number of benzene rings is 1. The summed E-state index contributed by atoms with van der Waals surface area (Å²) in [5, 5.41) is 5.47. The molecule has 2 atom stereocenters. The molecule has 3 N–H and O–H groups in total. The maximum atomic E-state index is 12.6. The van der Waals surface area contributed by atoms with Gasteiger partial charge in [-0.15, -0.1) is 0 Å². The SMILES string of the molecule is COC(=O)NC(CC(C)C)C(=O)NC(C)c1ncc(-c2ccccc2)[nH]1. The number of nitrogens with one attached hydrogen (secondary N) is 3. The molecule has 0 aliphatic rings. The van der Waals surface area contributed by atoms with Gasteiger partial charge in [-0.25, -0.2) is 9.78 Å². The highest BCUT2D eigenvalue weighted by Crippen LogP contribution is 2.19. The van der Waals surface area contributed by atoms with Gasteiger partial charge in [0.1, 0.15) is 11.9 Å². The van der Waals surface area contributed by atoms with Gasteiger partial charge in [0.15, 0.2) is 0 Å². The number of aromatic nitrogens is 2. The number of carbonyl (C=O) groups excluding carboxylic acids is 2. The molecule has 2 amide bonds. The average molecular weight is 358 g/mol. The first-order chi connectivity index (χ1) is 12.4. The Bertz CT molecular complexity index is 727. The van der Waals surface area contributed by atoms with Crippen molar-refractivity contribution in [3.05, 3.63) is 42.4 Å². The summed E-state index contributed by atoms with van der Waals surface area (Å²) in [6, 6.07) is 8.85. The highest BCUT2D eigenvalue weighted by Gasteiger charge is 2.24. The van der Waals surface area contributed by atoms with Gasteiger partial charge in [0.25, 0.3) is 0 Å². The van der Waals surface area contributed by atoms with Gasteiger partial charge >= 0.3 is 6.09 Å². The molecule has 2 aromatic rings. The standard InChI is InChI=1S/C19H26N4O3/c1-12(2)10-15(23-19(25)26-4)18(24)21-13(3)17-20-11-16(22-17)14-8-6-5-7-9-14/h5-9,11-13,15H,10H2,1-4H3,(H,20,22)(H,21,24)(H,23,25). The van der Waals surface area contributed by atoms with Crippen LogP contribution >= 0.6 is 0 Å². The Morgan fingerprint density at radius 1 is 1.15 bits per heavy atom. The largest absolute Gasteiger partial charge is 0.453 e. The van der Waals surface area contributed by atoms with Crippen LogP contribution in [0.3, 0.4) is 0 Å². The van der Waals surface area contributed by atoms with Crippen LogP contribution in [0.4, 0.5) is 4.79 Å². The molecule has 1 heterocycles. The molecule has 0 bridgehead atoms. The third-order valence-electron chi connectivity index (χ3n) is 3.95. The minimum atomic E-state index is -0.659. The van der Waals surface area contributed by atoms with Crippen molar-refractivity contribution in [3.8, 4) is 11.3 Å². The summed E-state index contributed by atoms with van der Waals surface area (Å²) in [5.74, 6) is 0.624. The zero-order chi connectivity index (χ0) is 19.1. The molecule has 0 radical (unpaired) electrons. The Kier molecular flexibility index (Phi) is 6.77. The quantitative estimate of drug-likeness (QED) is 0.709. The number of methoxy groups -OCH3 is 1. The summed E-state index contributed by atoms with van der Waals surface area (Å²) in [6.07, 6.45) is 1.63. The number of imidazole rings is 1. The lowest BCUT2D eigenvalue weighted by Gasteiger charge is -2.21. The molecule has 0 aliphatic carbocycles. The van der Waals surface area contributed by atoms with E-state index in [1.165, 1.54) is 7.11 Å². The smallest absolute Gasteiger partial charge is 0.407 e. The fraction of sp³-hybridized carbons (Fsp3) is 0.421. The van der Waals surface area contributed by atoms with Crippen molar-refractivity contribution in [2.45, 2.75) is 39.3 Å². The second-order valence-electron chi connectivity index (χ2n) is 6.60. The molecule has 1 aromatic carbocycles. The van der Waals surface area contributed by atoms with Crippen molar-refractivity contribution in [1.29, 1.82) is 0 Å². The number of alkyl carbamates (subject to hydrolysis) is 1. The number of nitrogens with zero attached hydrogens (tertiary/aromatic N) is 1. The number of carbonyl (C=O) groups is 2. The molecule has 7 nitrogen and oxygen atoms in total. The van der Waals surface area contributed by atoms with E-state index >= 15 is 0 Å². The van der Waals surface area contributed by atoms with Gasteiger partial charge in [-0.3, -0.25) is 4.79 Å². The zero-order valence-electron chi connectivity index (χ0n) is 15.6. The first kappa shape index (κ1) is 19.5. The van der Waals surface area contributed by atoms with Gasteiger partial charge in [-0.1, -0.05) is 44.2 Å². The Balaban J connectivity index is 2.04. The summed E-state index contributed by atoms with van der Waals surface area (Å²) >= 11 is 0. The van der Waals surface area contributed by atoms with Gasteiger partial charge in [0, 0.05) is 0 Å². The second-order valence-corrected chi connectivity index (χ2v) is 6.60. The predicted molar refractivity (Wildman–Crippen MR) is 99.4 cm³/mol. The van der Waals surface area contributed by atoms with Crippen LogP contribution in [-0.2, 0) is 9.53 Å². The van der Waals surface area contributed by atoms with Crippen LogP contribution in [0.5, 0.6) is 0 Å². The van der Waals surface area contributed by atoms with Crippen LogP contribution in [0, 0.1) is 5.92 Å². The van der Waals surface area contributed by atoms with Crippen LogP contribution in [0.1, 0.15) is 39.1 Å². The monoisotopic (exact) mass is 358 g/mol. The summed E-state index contributed by atoms with van der Waals surface area (Å²) in [4.78, 5) is 31.6. The molecule has 26 heavy (non-hydrogen) atoms. The third-order valence-corrected chi connectivity index (χ3v) is 3.95. The number of rotatable bonds is 7. The molecule has 0 aliphatic heterocycles. The number of H-pyrrole nitrogens is 1. The van der Waals surface area contributed by atoms with Gasteiger partial charge in [0.05, 0.1) is 25.0 Å². The normalized spacial score (nSPS) is 13.1. The molecule has 2 unspecified atom stereocenters. The molecule has 140 valence electrons. The molecular formula is C19H26N4O3. The van der Waals surface area contributed by atoms with E-state index in [0.29, 0.717) is 12.2 Å². The number of hydrogen-bond acceptors (Lipinski definition) is 4. The van der Waals surface area contributed by atoms with Gasteiger partial charge in [-0.05, 0) is 24.8 Å². The van der Waals surface area contributed by atoms with Gasteiger partial charge in [0.2, 0.25) is 5.91 Å². The van der Waals surface area contributed by atoms with E-state index in [2.05, 4.69) is 25.3 Å². The minimum absolute atomic E-state index is 0.242. The molecule has 0 fully saturated rings. The lowest BCUT2D eigenvalue weighted by molar-refractivity contribution is -0.124. The first-order valence-electron chi connectivity index (χ1n) is 8.66. The Morgan fingerprint density at radius 2 is 1.85 bits per heavy atom. The van der Waals surface area contributed by atoms with Gasteiger partial charge < -0.3 is 20.4 Å². The second kappa shape index (κ2) is 9.03. The fourth-order valence-corrected chi connectivity index (χ4v) is 2.61. The van der Waals surface area contributed by atoms with Crippen molar-refractivity contribution >= 4 is 12.0 Å². The van der Waals surface area contributed by atoms with Crippen molar-refractivity contribution in [3.63, 3.8) is 0 Å². The Hall–Kier alpha value is -2.83. The maximum absolute atomic E-state index is 12.6. The van der Waals surface area contributed by atoms with E-state index in [0.717, 1.165) is 11.3 Å². The molecule has 0 spiro atoms. The molecule has 2 rings (SSSR count). The number of aromatic amines is 1. The molecular weight excluding hydrogens is 332 g/mol. The number of hydrogen-bond donors (Lipinski definition) is 3. The molecule has 1 aromatic heterocycles. The van der Waals surface area contributed by atoms with Crippen molar-refractivity contribution in [1.82, 2.24) is 20.6 Å². The summed E-state index contributed by atoms with van der Waals surface area (Å²) in [6.45, 7) is 5.82. The molecule has 0 saturated carbocycles. The molecule has 7 heteroatoms. The summed E-state index contributed by atoms with van der Waals surface area (Å²) < 4.78 is 4.61. The number of ether oxygens (including phenoxy) is 1. The maximum Gasteiger partial charge on any atom is 0.407 e. The van der Waals surface area contributed by atoms with Crippen molar-refractivity contribution in [2.24, 2.45) is 5.92 Å². The lowest BCUT2D eigenvalue weighted by atomic mass is 10.0. The predicted octanol–water partition coefficient (Wildman–Crippen LogP) is 3.02. The Morgan fingerprint density at radius 3 is 2.46 bits per heavy atom. The van der Waals surface area contributed by atoms with E-state index in [1.54, 1.807) is 6.20 Å². The molecule has 0 saturated heterocycles. The topological polar surface area (TPSA) is 96.1 Å². The van der Waals surface area contributed by atoms with E-state index in [-0.39, 0.29) is 17.9 Å². The van der Waals surface area contributed by atoms with Crippen molar-refractivity contribution in [2.75, 3.05) is 7.11 Å². The zero-order valence-corrected chi connectivity index (χ0v) is 15.6. The van der Waals surface area contributed by atoms with Crippen LogP contribution < -0.4 is 10.6 Å². The average Bonchev–Trinajstić information content (AvgIpc) is 3.11. The first-order valence-corrected chi connectivity index (χ1v) is 8.66. The highest BCUT2D eigenvalue weighted by molar-refractivity contribution is 5.85. The van der Waals surface area contributed by atoms with Crippen LogP contribution in [-0.4, -0.2) is 35.1 Å². The lowest BCUT2D eigenvalue weighted by Crippen LogP contribution is -2.48. The van der Waals surface area contributed by atoms with Crippen LogP contribution in [0.15, 0.2) is 36.5 Å². The minimum Gasteiger partial charge on any atom is -0.453 e. The van der Waals surface area contributed by atoms with Gasteiger partial charge in [-0.2, -0.15) is 0 Å². The van der Waals surface area contributed by atoms with E-state index in [9.17, 15) is 9.59 Å². The Labute approximate surface area is 153 Å².